The monoisotopic (exact) mass is 1160 g/mol. The Kier molecular flexibility index (Phi) is 20.3. The number of amides is 7. The van der Waals surface area contributed by atoms with Crippen LogP contribution >= 0.6 is 0 Å². The summed E-state index contributed by atoms with van der Waals surface area (Å²) >= 11 is 0. The van der Waals surface area contributed by atoms with E-state index < -0.39 is 119 Å². The number of allylic oxidation sites excluding steroid dienone is 2. The molecule has 7 amide bonds. The summed E-state index contributed by atoms with van der Waals surface area (Å²) < 4.78 is 59.7. The second-order valence-electron chi connectivity index (χ2n) is 22.5. The molecule has 0 spiro atoms. The van der Waals surface area contributed by atoms with E-state index in [2.05, 4.69) is 51.7 Å². The number of carbonyl (C=O) groups excluding carboxylic acids is 7. The maximum absolute atomic E-state index is 13.9. The van der Waals surface area contributed by atoms with E-state index in [0.29, 0.717) is 44.5 Å². The molecule has 0 radical (unpaired) electrons. The van der Waals surface area contributed by atoms with E-state index in [1.54, 1.807) is 36.0 Å². The summed E-state index contributed by atoms with van der Waals surface area (Å²) in [5.74, 6) is -7.24. The van der Waals surface area contributed by atoms with Gasteiger partial charge in [0, 0.05) is 44.6 Å². The highest BCUT2D eigenvalue weighted by molar-refractivity contribution is 7.91. The van der Waals surface area contributed by atoms with Crippen molar-refractivity contribution in [2.45, 2.75) is 137 Å². The third-order valence-electron chi connectivity index (χ3n) is 16.4. The van der Waals surface area contributed by atoms with E-state index in [9.17, 15) is 55.5 Å². The van der Waals surface area contributed by atoms with E-state index in [4.69, 9.17) is 4.74 Å². The molecule has 6 fully saturated rings. The van der Waals surface area contributed by atoms with E-state index in [-0.39, 0.29) is 50.3 Å². The van der Waals surface area contributed by atoms with Crippen LogP contribution in [-0.4, -0.2) is 134 Å². The summed E-state index contributed by atoms with van der Waals surface area (Å²) in [6, 6.07) is 16.9. The number of unbranched alkanes of at least 4 members (excludes halogenated alkanes) is 4. The minimum absolute atomic E-state index is 0.0527. The Balaban J connectivity index is 0.000000251. The van der Waals surface area contributed by atoms with Crippen molar-refractivity contribution in [1.29, 1.82) is 0 Å². The van der Waals surface area contributed by atoms with Crippen molar-refractivity contribution in [3.63, 3.8) is 0 Å². The summed E-state index contributed by atoms with van der Waals surface area (Å²) in [5.41, 5.74) is -0.612. The number of aliphatic hydroxyl groups is 1. The summed E-state index contributed by atoms with van der Waals surface area (Å²) in [5, 5.41) is 17.3. The van der Waals surface area contributed by atoms with Gasteiger partial charge in [-0.15, -0.1) is 26.3 Å². The van der Waals surface area contributed by atoms with Gasteiger partial charge in [0.25, 0.3) is 11.8 Å². The lowest BCUT2D eigenvalue weighted by Gasteiger charge is -2.26. The average molecular weight is 1160 g/mol. The van der Waals surface area contributed by atoms with Gasteiger partial charge in [-0.2, -0.15) is 0 Å². The van der Waals surface area contributed by atoms with Crippen LogP contribution in [0, 0.1) is 35.5 Å². The fourth-order valence-corrected chi connectivity index (χ4v) is 13.8. The van der Waals surface area contributed by atoms with Gasteiger partial charge in [-0.25, -0.2) is 21.6 Å². The second kappa shape index (κ2) is 26.5. The van der Waals surface area contributed by atoms with Crippen molar-refractivity contribution >= 4 is 67.3 Å². The van der Waals surface area contributed by atoms with Gasteiger partial charge in [0.15, 0.2) is 0 Å². The highest BCUT2D eigenvalue weighted by Crippen LogP contribution is 2.48. The van der Waals surface area contributed by atoms with Gasteiger partial charge in [-0.3, -0.25) is 43.5 Å². The van der Waals surface area contributed by atoms with E-state index >= 15 is 0 Å². The number of para-hydroxylation sites is 1. The van der Waals surface area contributed by atoms with Crippen molar-refractivity contribution in [1.82, 2.24) is 29.9 Å². The van der Waals surface area contributed by atoms with Crippen LogP contribution in [0.25, 0.3) is 11.1 Å². The molecular weight excluding hydrogens is 1080 g/mol. The molecule has 0 saturated heterocycles. The average Bonchev–Trinajstić information content (AvgIpc) is 4.47. The molecule has 8 rings (SSSR count). The fraction of sp³-hybridized carbons (Fsp3) is 0.542. The summed E-state index contributed by atoms with van der Waals surface area (Å²) in [4.78, 5) is 96.4. The second-order valence-corrected chi connectivity index (χ2v) is 26.5. The number of sulfonamides is 2. The number of carbonyl (C=O) groups is 7. The third kappa shape index (κ3) is 15.3. The fourth-order valence-electron chi connectivity index (χ4n) is 11.1. The maximum atomic E-state index is 13.9. The lowest BCUT2D eigenvalue weighted by molar-refractivity contribution is -0.141. The van der Waals surface area contributed by atoms with E-state index in [1.807, 2.05) is 54.6 Å². The first-order valence-corrected chi connectivity index (χ1v) is 31.2. The first-order valence-electron chi connectivity index (χ1n) is 28.1. The predicted octanol–water partition coefficient (Wildman–Crippen LogP) is 5.64. The molecule has 6 saturated carbocycles. The Morgan fingerprint density at radius 2 is 1.05 bits per heavy atom. The molecule has 22 heteroatoms. The Morgan fingerprint density at radius 1 is 0.617 bits per heavy atom. The molecule has 2 aromatic carbocycles. The molecule has 6 aliphatic carbocycles. The quantitative estimate of drug-likeness (QED) is 0.0467. The van der Waals surface area contributed by atoms with Crippen LogP contribution in [0.5, 0.6) is 0 Å². The first-order chi connectivity index (χ1) is 38.5. The van der Waals surface area contributed by atoms with Crippen LogP contribution in [0.15, 0.2) is 105 Å². The highest BCUT2D eigenvalue weighted by Gasteiger charge is 2.63. The van der Waals surface area contributed by atoms with Crippen molar-refractivity contribution in [3.05, 3.63) is 105 Å². The topological polar surface area (TPSA) is 284 Å². The number of nitrogens with one attached hydrogen (secondary N) is 5. The molecule has 2 aromatic rings. The molecule has 0 aliphatic heterocycles. The number of aliphatic hydroxyl groups excluding tert-OH is 1. The van der Waals surface area contributed by atoms with Gasteiger partial charge < -0.3 is 30.3 Å². The van der Waals surface area contributed by atoms with Crippen LogP contribution in [0.4, 0.5) is 10.5 Å². The van der Waals surface area contributed by atoms with Crippen molar-refractivity contribution in [3.8, 4) is 11.1 Å². The van der Waals surface area contributed by atoms with Gasteiger partial charge in [0.2, 0.25) is 43.7 Å². The SMILES string of the molecule is C=CCCCCN(C)C(=O)[C@@H]1C[C@H](O)C[C@H]1C(=O)N[C@]1(C(=O)NS(=O)(=O)C2CC2)C[C@H]1C=C.C=CCCCCN(C)C(=O)[C@@H]1C[C@H](OC(=O)Nc2ccccc2-c2ccccc2)C[C@H]1C(=O)N[C@]1(C(=O)NS(=O)(=O)C2CC2)C[C@H]1C=C. The lowest BCUT2D eigenvalue weighted by Crippen LogP contribution is -2.54. The van der Waals surface area contributed by atoms with Crippen LogP contribution in [0.2, 0.25) is 0 Å². The normalized spacial score (nSPS) is 27.1. The molecule has 20 nitrogen and oxygen atoms in total. The van der Waals surface area contributed by atoms with Crippen LogP contribution < -0.4 is 25.4 Å². The van der Waals surface area contributed by atoms with Crippen LogP contribution in [-0.2, 0) is 53.6 Å². The minimum Gasteiger partial charge on any atom is -0.446 e. The molecule has 6 N–H and O–H groups in total. The molecule has 6 aliphatic rings. The largest absolute Gasteiger partial charge is 0.446 e. The molecule has 440 valence electrons. The predicted molar refractivity (Wildman–Crippen MR) is 306 cm³/mol. The van der Waals surface area contributed by atoms with E-state index in [1.165, 1.54) is 12.2 Å². The summed E-state index contributed by atoms with van der Waals surface area (Å²) in [6.45, 7) is 15.9. The van der Waals surface area contributed by atoms with Crippen molar-refractivity contribution < 1.29 is 60.2 Å². The zero-order chi connectivity index (χ0) is 58.9. The highest BCUT2D eigenvalue weighted by atomic mass is 32.2. The minimum atomic E-state index is -3.85. The Hall–Kier alpha value is -6.65. The zero-order valence-corrected chi connectivity index (χ0v) is 48.0. The third-order valence-corrected chi connectivity index (χ3v) is 20.1. The molecule has 0 aromatic heterocycles. The Labute approximate surface area is 476 Å². The van der Waals surface area contributed by atoms with Crippen molar-refractivity contribution in [2.75, 3.05) is 32.5 Å². The van der Waals surface area contributed by atoms with Crippen LogP contribution in [0.1, 0.15) is 103 Å². The standard InChI is InChI=1S/C36H44N4O7S.C23H35N3O6S/c1-4-6-7-13-20-40(3)33(42)30-22-26(47-35(44)37-31-17-12-11-16-28(31)24-14-9-8-10-15-24)21-29(30)32(41)38-36(23-25(36)5-2)34(43)39-48(45,46)27-18-19-27;1-4-6-7-8-11-26(3)21(29)19-13-16(27)12-18(19)20(28)24-23(14-15(23)5-2)22(30)25-33(31,32)17-9-10-17/h4-5,8-12,14-17,25-27,29-30H,1-2,6-7,13,18-23H2,3H3,(H,37,44)(H,38,41)(H,39,43);4-5,15-19,27H,1-2,6-14H2,3H3,(H,24,28)(H,25,30)/t25-,26-,29-,30-,36-;15-,16-,18-,19-,23-/m11/s1. The number of rotatable bonds is 27. The summed E-state index contributed by atoms with van der Waals surface area (Å²) in [7, 11) is -4.25. The molecule has 0 bridgehead atoms. The molecule has 0 unspecified atom stereocenters. The molecule has 81 heavy (non-hydrogen) atoms. The number of ether oxygens (including phenoxy) is 1. The van der Waals surface area contributed by atoms with Gasteiger partial charge in [-0.1, -0.05) is 72.8 Å². The smallest absolute Gasteiger partial charge is 0.411 e. The maximum Gasteiger partial charge on any atom is 0.411 e. The Bertz CT molecular complexity index is 2950. The van der Waals surface area contributed by atoms with Crippen LogP contribution in [0.3, 0.4) is 0 Å². The van der Waals surface area contributed by atoms with E-state index in [0.717, 1.165) is 49.7 Å². The molecule has 0 heterocycles. The number of anilines is 1. The molecule has 10 atom stereocenters. The molecular formula is C59H79N7O13S2. The van der Waals surface area contributed by atoms with Gasteiger partial charge in [0.05, 0.1) is 46.0 Å². The van der Waals surface area contributed by atoms with Gasteiger partial charge in [0.1, 0.15) is 17.2 Å². The summed E-state index contributed by atoms with van der Waals surface area (Å²) in [6.07, 6.45) is 12.3. The number of nitrogens with zero attached hydrogens (tertiary/aromatic N) is 2. The van der Waals surface area contributed by atoms with Crippen molar-refractivity contribution in [2.24, 2.45) is 35.5 Å². The number of hydrogen-bond donors (Lipinski definition) is 6. The Morgan fingerprint density at radius 3 is 1.51 bits per heavy atom. The van der Waals surface area contributed by atoms with Gasteiger partial charge in [-0.05, 0) is 114 Å². The number of hydrogen-bond acceptors (Lipinski definition) is 13. The zero-order valence-electron chi connectivity index (χ0n) is 46.4. The first kappa shape index (κ1) is 62.0. The number of benzene rings is 2. The van der Waals surface area contributed by atoms with Gasteiger partial charge >= 0.3 is 6.09 Å². The lowest BCUT2D eigenvalue weighted by atomic mass is 9.93.